The number of alkyl halides is 3. The first-order valence-corrected chi connectivity index (χ1v) is 13.9. The molecule has 1 atom stereocenters. The molecule has 0 spiro atoms. The Kier molecular flexibility index (Phi) is 8.11. The van der Waals surface area contributed by atoms with Crippen molar-refractivity contribution in [1.29, 1.82) is 0 Å². The number of cyclic esters (lactones) is 1. The molecule has 3 aliphatic heterocycles. The molecule has 3 aromatic rings. The van der Waals surface area contributed by atoms with E-state index >= 15 is 0 Å². The van der Waals surface area contributed by atoms with Crippen LogP contribution in [0.3, 0.4) is 0 Å². The zero-order valence-electron chi connectivity index (χ0n) is 23.8. The summed E-state index contributed by atoms with van der Waals surface area (Å²) in [7, 11) is 0. The molecule has 44 heavy (non-hydrogen) atoms. The topological polar surface area (TPSA) is 160 Å². The second kappa shape index (κ2) is 11.5. The van der Waals surface area contributed by atoms with E-state index in [1.165, 1.54) is 0 Å². The van der Waals surface area contributed by atoms with Gasteiger partial charge in [-0.2, -0.15) is 13.2 Å². The lowest BCUT2D eigenvalue weighted by Gasteiger charge is -2.31. The highest BCUT2D eigenvalue weighted by molar-refractivity contribution is 5.90. The van der Waals surface area contributed by atoms with Gasteiger partial charge in [0.1, 0.15) is 12.4 Å². The van der Waals surface area contributed by atoms with Crippen LogP contribution in [-0.2, 0) is 39.5 Å². The molecular formula is C29H29F3N4O8. The maximum Gasteiger partial charge on any atom is 0.490 e. The molecule has 0 radical (unpaired) electrons. The van der Waals surface area contributed by atoms with Gasteiger partial charge in [0.05, 0.1) is 29.0 Å². The quantitative estimate of drug-likeness (QED) is 0.291. The Morgan fingerprint density at radius 3 is 2.43 bits per heavy atom. The maximum atomic E-state index is 13.5. The van der Waals surface area contributed by atoms with Gasteiger partial charge in [0, 0.05) is 42.7 Å². The van der Waals surface area contributed by atoms with E-state index in [0.717, 1.165) is 29.6 Å². The summed E-state index contributed by atoms with van der Waals surface area (Å²) in [4.78, 5) is 54.0. The number of hydrogen-bond donors (Lipinski definition) is 3. The predicted octanol–water partition coefficient (Wildman–Crippen LogP) is 2.68. The molecule has 0 aliphatic carbocycles. The molecule has 1 amide bonds. The third-order valence-corrected chi connectivity index (χ3v) is 7.95. The fourth-order valence-electron chi connectivity index (χ4n) is 5.62. The Labute approximate surface area is 248 Å². The lowest BCUT2D eigenvalue weighted by Crippen LogP contribution is -2.47. The van der Waals surface area contributed by atoms with Crippen LogP contribution >= 0.6 is 0 Å². The Bertz CT molecular complexity index is 1730. The summed E-state index contributed by atoms with van der Waals surface area (Å²) in [6.45, 7) is 6.56. The first-order chi connectivity index (χ1) is 20.8. The highest BCUT2D eigenvalue weighted by Crippen LogP contribution is 2.40. The highest BCUT2D eigenvalue weighted by atomic mass is 19.4. The number of ether oxygens (including phenoxy) is 2. The molecule has 15 heteroatoms. The number of aliphatic carboxylic acids is 1. The molecule has 1 saturated heterocycles. The van der Waals surface area contributed by atoms with E-state index in [9.17, 15) is 32.7 Å². The van der Waals surface area contributed by atoms with Crippen molar-refractivity contribution in [2.75, 3.05) is 26.2 Å². The number of carbonyl (C=O) groups excluding carboxylic acids is 2. The number of halogens is 3. The number of aromatic nitrogens is 2. The highest BCUT2D eigenvalue weighted by Gasteiger charge is 2.45. The Morgan fingerprint density at radius 2 is 1.82 bits per heavy atom. The smallest absolute Gasteiger partial charge is 0.475 e. The number of aliphatic hydroxyl groups is 1. The molecule has 0 saturated carbocycles. The second-order valence-electron chi connectivity index (χ2n) is 10.5. The predicted molar refractivity (Wildman–Crippen MR) is 148 cm³/mol. The van der Waals surface area contributed by atoms with Gasteiger partial charge in [0.15, 0.2) is 5.60 Å². The number of pyridine rings is 2. The minimum absolute atomic E-state index is 0.0926. The van der Waals surface area contributed by atoms with Crippen LogP contribution in [0.25, 0.3) is 22.3 Å². The van der Waals surface area contributed by atoms with Crippen LogP contribution in [0, 0.1) is 0 Å². The summed E-state index contributed by atoms with van der Waals surface area (Å²) >= 11 is 0. The molecule has 2 aromatic heterocycles. The summed E-state index contributed by atoms with van der Waals surface area (Å²) < 4.78 is 44.2. The van der Waals surface area contributed by atoms with Crippen LogP contribution < -0.4 is 15.6 Å². The number of carboxylic acids is 1. The average molecular weight is 619 g/mol. The third kappa shape index (κ3) is 5.36. The van der Waals surface area contributed by atoms with E-state index in [2.05, 4.69) is 5.32 Å². The van der Waals surface area contributed by atoms with Crippen LogP contribution in [0.5, 0.6) is 5.75 Å². The molecular weight excluding hydrogens is 589 g/mol. The second-order valence-corrected chi connectivity index (χ2v) is 10.5. The van der Waals surface area contributed by atoms with Gasteiger partial charge >= 0.3 is 24.2 Å². The van der Waals surface area contributed by atoms with Crippen LogP contribution in [0.4, 0.5) is 18.0 Å². The number of nitrogens with one attached hydrogen (secondary N) is 1. The first-order valence-electron chi connectivity index (χ1n) is 13.9. The number of carboxylic acid groups (broad SMARTS) is 1. The van der Waals surface area contributed by atoms with Crippen LogP contribution in [0.1, 0.15) is 42.5 Å². The SMILES string of the molecule is CCc1c2c(nc3ccc(OC(=O)N4CCNCC4)cc13)-c1cc3c(c(=O)n1C2)COC(=O)[C@]3(O)CC.O=C(O)C(F)(F)F. The minimum atomic E-state index is -5.08. The summed E-state index contributed by atoms with van der Waals surface area (Å²) in [6.07, 6.45) is -4.69. The van der Waals surface area contributed by atoms with Crippen molar-refractivity contribution in [3.05, 3.63) is 56.9 Å². The molecule has 0 unspecified atom stereocenters. The van der Waals surface area contributed by atoms with Crippen molar-refractivity contribution in [1.82, 2.24) is 19.8 Å². The lowest BCUT2D eigenvalue weighted by molar-refractivity contribution is -0.192. The van der Waals surface area contributed by atoms with Crippen LogP contribution in [0.2, 0.25) is 0 Å². The third-order valence-electron chi connectivity index (χ3n) is 7.95. The standard InChI is InChI=1S/C27H28N4O6.C2HF3O2/c1-3-16-17-11-15(37-26(34)30-9-7-28-8-10-30)5-6-21(17)29-23-18(16)13-31-22(23)12-20-19(24(31)32)14-36-25(33)27(20,35)4-2;3-2(4,5)1(6)7/h5-6,11-12,28,35H,3-4,7-10,13-14H2,1-2H3;(H,6,7)/t27-;/m0./s1. The van der Waals surface area contributed by atoms with Crippen molar-refractivity contribution in [3.63, 3.8) is 0 Å². The van der Waals surface area contributed by atoms with Gasteiger partial charge in [-0.3, -0.25) is 4.79 Å². The summed E-state index contributed by atoms with van der Waals surface area (Å²) in [6, 6.07) is 7.09. The minimum Gasteiger partial charge on any atom is -0.475 e. The molecule has 1 aromatic carbocycles. The summed E-state index contributed by atoms with van der Waals surface area (Å²) in [5.41, 5.74) is 2.31. The molecule has 1 fully saturated rings. The zero-order valence-corrected chi connectivity index (χ0v) is 23.8. The number of benzene rings is 1. The van der Waals surface area contributed by atoms with Crippen molar-refractivity contribution in [2.45, 2.75) is 51.6 Å². The fraction of sp³-hybridized carbons (Fsp3) is 0.414. The van der Waals surface area contributed by atoms with Gasteiger partial charge in [-0.15, -0.1) is 0 Å². The molecule has 5 heterocycles. The van der Waals surface area contributed by atoms with Gasteiger partial charge in [-0.05, 0) is 42.7 Å². The van der Waals surface area contributed by atoms with Gasteiger partial charge in [-0.25, -0.2) is 19.4 Å². The molecule has 6 rings (SSSR count). The Hall–Kier alpha value is -4.50. The number of esters is 1. The number of hydrogen-bond acceptors (Lipinski definition) is 9. The van der Waals surface area contributed by atoms with Gasteiger partial charge in [-0.1, -0.05) is 13.8 Å². The van der Waals surface area contributed by atoms with Crippen molar-refractivity contribution in [2.24, 2.45) is 0 Å². The van der Waals surface area contributed by atoms with Gasteiger partial charge in [0.2, 0.25) is 0 Å². The number of fused-ring (bicyclic) bond motifs is 5. The van der Waals surface area contributed by atoms with Crippen molar-refractivity contribution in [3.8, 4) is 17.1 Å². The number of amides is 1. The number of rotatable bonds is 3. The number of piperazine rings is 1. The largest absolute Gasteiger partial charge is 0.490 e. The number of aryl methyl sites for hydroxylation is 1. The maximum absolute atomic E-state index is 13.5. The number of nitrogens with zero attached hydrogens (tertiary/aromatic N) is 3. The lowest BCUT2D eigenvalue weighted by atomic mass is 9.86. The summed E-state index contributed by atoms with van der Waals surface area (Å²) in [5.74, 6) is -3.06. The van der Waals surface area contributed by atoms with Crippen LogP contribution in [0.15, 0.2) is 29.1 Å². The fourth-order valence-corrected chi connectivity index (χ4v) is 5.62. The number of carbonyl (C=O) groups is 3. The van der Waals surface area contributed by atoms with E-state index in [0.29, 0.717) is 59.8 Å². The molecule has 12 nitrogen and oxygen atoms in total. The summed E-state index contributed by atoms with van der Waals surface area (Å²) in [5, 5.41) is 22.3. The van der Waals surface area contributed by atoms with Crippen LogP contribution in [-0.4, -0.2) is 75.1 Å². The van der Waals surface area contributed by atoms with E-state index in [1.807, 2.05) is 19.1 Å². The molecule has 3 N–H and O–H groups in total. The normalized spacial score (nSPS) is 18.9. The first kappa shape index (κ1) is 30.9. The molecule has 3 aliphatic rings. The molecule has 234 valence electrons. The van der Waals surface area contributed by atoms with E-state index < -0.39 is 23.7 Å². The Morgan fingerprint density at radius 1 is 1.14 bits per heavy atom. The molecule has 0 bridgehead atoms. The van der Waals surface area contributed by atoms with Gasteiger partial charge in [0.25, 0.3) is 5.56 Å². The van der Waals surface area contributed by atoms with E-state index in [1.54, 1.807) is 28.5 Å². The Balaban J connectivity index is 0.000000493. The monoisotopic (exact) mass is 618 g/mol. The van der Waals surface area contributed by atoms with Gasteiger partial charge < -0.3 is 34.5 Å². The average Bonchev–Trinajstić information content (AvgIpc) is 3.37. The van der Waals surface area contributed by atoms with E-state index in [-0.39, 0.29) is 24.7 Å². The van der Waals surface area contributed by atoms with Crippen molar-refractivity contribution < 1.29 is 47.2 Å². The van der Waals surface area contributed by atoms with Crippen molar-refractivity contribution >= 4 is 28.9 Å². The van der Waals surface area contributed by atoms with E-state index in [4.69, 9.17) is 24.4 Å². The zero-order chi connectivity index (χ0) is 32.0.